The van der Waals surface area contributed by atoms with E-state index in [1.807, 2.05) is 35.2 Å². The van der Waals surface area contributed by atoms with Crippen molar-refractivity contribution < 1.29 is 9.53 Å². The maximum absolute atomic E-state index is 12.2. The average Bonchev–Trinajstić information content (AvgIpc) is 2.46. The summed E-state index contributed by atoms with van der Waals surface area (Å²) < 4.78 is 5.46. The summed E-state index contributed by atoms with van der Waals surface area (Å²) in [6.07, 6.45) is 5.43. The maximum atomic E-state index is 12.2. The van der Waals surface area contributed by atoms with Crippen molar-refractivity contribution in [2.75, 3.05) is 6.54 Å². The zero-order chi connectivity index (χ0) is 14.4. The van der Waals surface area contributed by atoms with Crippen LogP contribution in [0.4, 0.5) is 4.79 Å². The fraction of sp³-hybridized carbons (Fsp3) is 0.588. The third-order valence-corrected chi connectivity index (χ3v) is 4.45. The lowest BCUT2D eigenvalue weighted by molar-refractivity contribution is -0.0256. The summed E-state index contributed by atoms with van der Waals surface area (Å²) >= 11 is 0. The van der Waals surface area contributed by atoms with Crippen LogP contribution < -0.4 is 0 Å². The van der Waals surface area contributed by atoms with Gasteiger partial charge in [0, 0.05) is 12.1 Å². The lowest BCUT2D eigenvalue weighted by Crippen LogP contribution is -2.61. The Morgan fingerprint density at radius 1 is 1.30 bits per heavy atom. The molecule has 0 N–H and O–H groups in total. The van der Waals surface area contributed by atoms with Crippen LogP contribution in [0.15, 0.2) is 30.3 Å². The maximum Gasteiger partial charge on any atom is 0.410 e. The summed E-state index contributed by atoms with van der Waals surface area (Å²) in [5.74, 6) is 0. The zero-order valence-electron chi connectivity index (χ0n) is 12.6. The first-order valence-electron chi connectivity index (χ1n) is 7.70. The number of benzene rings is 1. The van der Waals surface area contributed by atoms with Crippen LogP contribution >= 0.6 is 0 Å². The van der Waals surface area contributed by atoms with Crippen molar-refractivity contribution in [1.82, 2.24) is 4.90 Å². The lowest BCUT2D eigenvalue weighted by Gasteiger charge is -2.52. The van der Waals surface area contributed by atoms with Crippen molar-refractivity contribution in [3.63, 3.8) is 0 Å². The molecule has 3 heteroatoms. The summed E-state index contributed by atoms with van der Waals surface area (Å²) in [4.78, 5) is 14.2. The lowest BCUT2D eigenvalue weighted by atomic mass is 9.78. The van der Waals surface area contributed by atoms with E-state index >= 15 is 0 Å². The highest BCUT2D eigenvalue weighted by molar-refractivity contribution is 5.70. The largest absolute Gasteiger partial charge is 0.445 e. The number of hydrogen-bond donors (Lipinski definition) is 0. The number of carbonyl (C=O) groups excluding carboxylic acids is 1. The SMILES string of the molecule is CCCC[C@@]1(CC)CCN1C(=O)OCc1ccccc1. The number of ether oxygens (including phenoxy) is 1. The Kier molecular flexibility index (Phi) is 5.05. The molecule has 0 saturated carbocycles. The Bertz CT molecular complexity index is 428. The first kappa shape index (κ1) is 14.9. The molecule has 1 fully saturated rings. The van der Waals surface area contributed by atoms with E-state index in [1.54, 1.807) is 0 Å². The van der Waals surface area contributed by atoms with Gasteiger partial charge in [-0.15, -0.1) is 0 Å². The molecular formula is C17H25NO2. The Morgan fingerprint density at radius 2 is 2.05 bits per heavy atom. The molecule has 1 saturated heterocycles. The Morgan fingerprint density at radius 3 is 2.60 bits per heavy atom. The van der Waals surface area contributed by atoms with Gasteiger partial charge in [0.2, 0.25) is 0 Å². The summed E-state index contributed by atoms with van der Waals surface area (Å²) in [7, 11) is 0. The molecule has 0 bridgehead atoms. The molecule has 1 aliphatic heterocycles. The van der Waals surface area contributed by atoms with Crippen LogP contribution in [0.2, 0.25) is 0 Å². The fourth-order valence-corrected chi connectivity index (χ4v) is 2.93. The van der Waals surface area contributed by atoms with Crippen LogP contribution in [0.25, 0.3) is 0 Å². The molecule has 0 radical (unpaired) electrons. The molecule has 1 amide bonds. The average molecular weight is 275 g/mol. The highest BCUT2D eigenvalue weighted by atomic mass is 16.6. The molecule has 1 aromatic rings. The molecule has 0 spiro atoms. The number of carbonyl (C=O) groups is 1. The van der Waals surface area contributed by atoms with Gasteiger partial charge in [-0.05, 0) is 24.8 Å². The molecule has 20 heavy (non-hydrogen) atoms. The normalized spacial score (nSPS) is 21.4. The molecule has 2 rings (SSSR count). The van der Waals surface area contributed by atoms with Gasteiger partial charge in [0.15, 0.2) is 0 Å². The highest BCUT2D eigenvalue weighted by Crippen LogP contribution is 2.38. The van der Waals surface area contributed by atoms with Gasteiger partial charge < -0.3 is 9.64 Å². The Labute approximate surface area is 121 Å². The van der Waals surface area contributed by atoms with Gasteiger partial charge in [0.05, 0.1) is 0 Å². The molecule has 1 aromatic carbocycles. The predicted molar refractivity (Wildman–Crippen MR) is 80.5 cm³/mol. The van der Waals surface area contributed by atoms with Crippen molar-refractivity contribution >= 4 is 6.09 Å². The van der Waals surface area contributed by atoms with Gasteiger partial charge in [-0.2, -0.15) is 0 Å². The van der Waals surface area contributed by atoms with E-state index < -0.39 is 0 Å². The zero-order valence-corrected chi connectivity index (χ0v) is 12.6. The van der Waals surface area contributed by atoms with Crippen molar-refractivity contribution in [2.45, 2.75) is 58.1 Å². The van der Waals surface area contributed by atoms with Crippen molar-refractivity contribution in [3.8, 4) is 0 Å². The second-order valence-corrected chi connectivity index (χ2v) is 5.62. The number of nitrogens with zero attached hydrogens (tertiary/aromatic N) is 1. The number of likely N-dealkylation sites (tertiary alicyclic amines) is 1. The summed E-state index contributed by atoms with van der Waals surface area (Å²) in [5, 5.41) is 0. The molecule has 1 heterocycles. The van der Waals surface area contributed by atoms with E-state index in [9.17, 15) is 4.79 Å². The molecule has 0 aromatic heterocycles. The molecule has 0 unspecified atom stereocenters. The quantitative estimate of drug-likeness (QED) is 0.771. The second-order valence-electron chi connectivity index (χ2n) is 5.62. The molecule has 3 nitrogen and oxygen atoms in total. The summed E-state index contributed by atoms with van der Waals surface area (Å²) in [6.45, 7) is 5.57. The third kappa shape index (κ3) is 3.14. The van der Waals surface area contributed by atoms with E-state index in [2.05, 4.69) is 13.8 Å². The smallest absolute Gasteiger partial charge is 0.410 e. The molecule has 0 aliphatic carbocycles. The number of hydrogen-bond acceptors (Lipinski definition) is 2. The minimum Gasteiger partial charge on any atom is -0.445 e. The van der Waals surface area contributed by atoms with Gasteiger partial charge in [-0.3, -0.25) is 0 Å². The summed E-state index contributed by atoms with van der Waals surface area (Å²) in [5.41, 5.74) is 1.10. The van der Waals surface area contributed by atoms with Crippen LogP contribution in [-0.2, 0) is 11.3 Å². The number of unbranched alkanes of at least 4 members (excludes halogenated alkanes) is 1. The fourth-order valence-electron chi connectivity index (χ4n) is 2.93. The van der Waals surface area contributed by atoms with Crippen molar-refractivity contribution in [1.29, 1.82) is 0 Å². The van der Waals surface area contributed by atoms with Crippen LogP contribution in [0, 0.1) is 0 Å². The Balaban J connectivity index is 1.88. The van der Waals surface area contributed by atoms with E-state index in [0.29, 0.717) is 6.61 Å². The third-order valence-electron chi connectivity index (χ3n) is 4.45. The molecular weight excluding hydrogens is 250 g/mol. The van der Waals surface area contributed by atoms with E-state index in [1.165, 1.54) is 12.8 Å². The first-order chi connectivity index (χ1) is 9.72. The Hall–Kier alpha value is -1.51. The summed E-state index contributed by atoms with van der Waals surface area (Å²) in [6, 6.07) is 9.85. The van der Waals surface area contributed by atoms with Gasteiger partial charge in [-0.1, -0.05) is 57.0 Å². The molecule has 110 valence electrons. The van der Waals surface area contributed by atoms with Crippen LogP contribution in [0.5, 0.6) is 0 Å². The van der Waals surface area contributed by atoms with E-state index in [0.717, 1.165) is 31.4 Å². The monoisotopic (exact) mass is 275 g/mol. The molecule has 1 atom stereocenters. The van der Waals surface area contributed by atoms with E-state index in [-0.39, 0.29) is 11.6 Å². The number of rotatable bonds is 6. The topological polar surface area (TPSA) is 29.5 Å². The van der Waals surface area contributed by atoms with Crippen molar-refractivity contribution in [3.05, 3.63) is 35.9 Å². The molecule has 1 aliphatic rings. The highest BCUT2D eigenvalue weighted by Gasteiger charge is 2.46. The van der Waals surface area contributed by atoms with Gasteiger partial charge >= 0.3 is 6.09 Å². The standard InChI is InChI=1S/C17H25NO2/c1-3-5-11-17(4-2)12-13-18(17)16(19)20-14-15-9-7-6-8-10-15/h6-10H,3-5,11-14H2,1-2H3/t17-/m0/s1. The van der Waals surface area contributed by atoms with Gasteiger partial charge in [0.25, 0.3) is 0 Å². The first-order valence-corrected chi connectivity index (χ1v) is 7.70. The minimum atomic E-state index is -0.155. The van der Waals surface area contributed by atoms with Crippen LogP contribution in [0.1, 0.15) is 51.5 Å². The van der Waals surface area contributed by atoms with Crippen LogP contribution in [-0.4, -0.2) is 23.1 Å². The van der Waals surface area contributed by atoms with Gasteiger partial charge in [-0.25, -0.2) is 4.79 Å². The van der Waals surface area contributed by atoms with E-state index in [4.69, 9.17) is 4.74 Å². The second kappa shape index (κ2) is 6.78. The van der Waals surface area contributed by atoms with Crippen LogP contribution in [0.3, 0.4) is 0 Å². The van der Waals surface area contributed by atoms with Crippen molar-refractivity contribution in [2.24, 2.45) is 0 Å². The van der Waals surface area contributed by atoms with Gasteiger partial charge in [0.1, 0.15) is 6.61 Å². The number of amides is 1. The predicted octanol–water partition coefficient (Wildman–Crippen LogP) is 4.37. The minimum absolute atomic E-state index is 0.0593.